The molecule has 0 aliphatic carbocycles. The number of amides is 2. The average molecular weight is 428 g/mol. The fourth-order valence-electron chi connectivity index (χ4n) is 3.70. The standard InChI is InChI=1S/C21H25FN6O3/c1-3-23-21(30)28-20-26-14-8-13(12-9-24-16(25-10-12)7-11(2)29)18(22)17(19(14)27-20)15-5-4-6-31-15/h8-11,15,29H,3-7H2,1-2H3,(H3,23,26,27,28,30). The van der Waals surface area contributed by atoms with Crippen molar-refractivity contribution in [1.82, 2.24) is 25.3 Å². The number of rotatable bonds is 6. The first-order chi connectivity index (χ1) is 15.0. The predicted molar refractivity (Wildman–Crippen MR) is 113 cm³/mol. The number of hydrogen-bond donors (Lipinski definition) is 4. The Balaban J connectivity index is 1.78. The van der Waals surface area contributed by atoms with Crippen LogP contribution in [0.2, 0.25) is 0 Å². The van der Waals surface area contributed by atoms with Crippen molar-refractivity contribution in [1.29, 1.82) is 0 Å². The van der Waals surface area contributed by atoms with Crippen molar-refractivity contribution in [3.05, 3.63) is 35.7 Å². The van der Waals surface area contributed by atoms with Crippen LogP contribution in [0.15, 0.2) is 18.5 Å². The first-order valence-electron chi connectivity index (χ1n) is 10.3. The normalized spacial score (nSPS) is 17.1. The predicted octanol–water partition coefficient (Wildman–Crippen LogP) is 3.08. The molecule has 1 saturated heterocycles. The maximum Gasteiger partial charge on any atom is 0.321 e. The van der Waals surface area contributed by atoms with Gasteiger partial charge < -0.3 is 20.1 Å². The number of H-pyrrole nitrogens is 1. The van der Waals surface area contributed by atoms with Gasteiger partial charge in [0.2, 0.25) is 5.95 Å². The van der Waals surface area contributed by atoms with Crippen LogP contribution in [0.3, 0.4) is 0 Å². The van der Waals surface area contributed by atoms with Crippen LogP contribution < -0.4 is 10.6 Å². The third-order valence-corrected chi connectivity index (χ3v) is 5.06. The Morgan fingerprint density at radius 2 is 2.19 bits per heavy atom. The summed E-state index contributed by atoms with van der Waals surface area (Å²) >= 11 is 0. The number of aliphatic hydroxyl groups is 1. The van der Waals surface area contributed by atoms with Gasteiger partial charge in [-0.3, -0.25) is 5.32 Å². The maximum atomic E-state index is 15.7. The molecule has 9 nitrogen and oxygen atoms in total. The highest BCUT2D eigenvalue weighted by Crippen LogP contribution is 2.39. The molecular formula is C21H25FN6O3. The fourth-order valence-corrected chi connectivity index (χ4v) is 3.70. The number of imidazole rings is 1. The summed E-state index contributed by atoms with van der Waals surface area (Å²) in [4.78, 5) is 27.8. The zero-order valence-electron chi connectivity index (χ0n) is 17.4. The number of anilines is 1. The van der Waals surface area contributed by atoms with E-state index < -0.39 is 24.1 Å². The summed E-state index contributed by atoms with van der Waals surface area (Å²) in [5.41, 5.74) is 2.17. The van der Waals surface area contributed by atoms with Gasteiger partial charge in [0.1, 0.15) is 11.6 Å². The first-order valence-corrected chi connectivity index (χ1v) is 10.3. The lowest BCUT2D eigenvalue weighted by Gasteiger charge is -2.15. The molecule has 2 atom stereocenters. The molecule has 2 aromatic heterocycles. The molecule has 1 fully saturated rings. The summed E-state index contributed by atoms with van der Waals surface area (Å²) in [5.74, 6) is 0.261. The van der Waals surface area contributed by atoms with Crippen LogP contribution in [0, 0.1) is 5.82 Å². The Kier molecular flexibility index (Phi) is 6.10. The van der Waals surface area contributed by atoms with E-state index in [1.165, 1.54) is 0 Å². The second-order valence-corrected chi connectivity index (χ2v) is 7.56. The maximum absolute atomic E-state index is 15.7. The van der Waals surface area contributed by atoms with Crippen molar-refractivity contribution >= 4 is 23.0 Å². The van der Waals surface area contributed by atoms with E-state index in [1.807, 2.05) is 6.92 Å². The van der Waals surface area contributed by atoms with Crippen molar-refractivity contribution in [2.45, 2.75) is 45.3 Å². The number of benzene rings is 1. The van der Waals surface area contributed by atoms with Gasteiger partial charge in [0.15, 0.2) is 0 Å². The van der Waals surface area contributed by atoms with Crippen LogP contribution in [-0.4, -0.2) is 50.3 Å². The van der Waals surface area contributed by atoms with Crippen LogP contribution >= 0.6 is 0 Å². The molecule has 1 aliphatic rings. The van der Waals surface area contributed by atoms with Gasteiger partial charge in [-0.2, -0.15) is 0 Å². The van der Waals surface area contributed by atoms with Crippen molar-refractivity contribution in [3.63, 3.8) is 0 Å². The third-order valence-electron chi connectivity index (χ3n) is 5.06. The second-order valence-electron chi connectivity index (χ2n) is 7.56. The van der Waals surface area contributed by atoms with Crippen molar-refractivity contribution in [2.75, 3.05) is 18.5 Å². The number of ether oxygens (including phenoxy) is 1. The Bertz CT molecular complexity index is 1080. The number of fused-ring (bicyclic) bond motifs is 1. The minimum Gasteiger partial charge on any atom is -0.393 e. The van der Waals surface area contributed by atoms with Gasteiger partial charge in [0.05, 0.1) is 23.2 Å². The van der Waals surface area contributed by atoms with Crippen molar-refractivity contribution in [2.24, 2.45) is 0 Å². The quantitative estimate of drug-likeness (QED) is 0.478. The molecule has 2 amide bonds. The number of aromatic amines is 1. The van der Waals surface area contributed by atoms with E-state index >= 15 is 4.39 Å². The molecule has 3 aromatic rings. The fraction of sp³-hybridized carbons (Fsp3) is 0.429. The van der Waals surface area contributed by atoms with Crippen molar-refractivity contribution in [3.8, 4) is 11.1 Å². The molecule has 10 heteroatoms. The molecule has 31 heavy (non-hydrogen) atoms. The van der Waals surface area contributed by atoms with E-state index in [0.717, 1.165) is 6.42 Å². The topological polar surface area (TPSA) is 125 Å². The van der Waals surface area contributed by atoms with Crippen LogP contribution in [0.5, 0.6) is 0 Å². The summed E-state index contributed by atoms with van der Waals surface area (Å²) in [6.07, 6.45) is 3.94. The van der Waals surface area contributed by atoms with Crippen LogP contribution in [0.25, 0.3) is 22.2 Å². The number of nitrogens with zero attached hydrogens (tertiary/aromatic N) is 3. The molecule has 164 valence electrons. The highest BCUT2D eigenvalue weighted by Gasteiger charge is 2.28. The van der Waals surface area contributed by atoms with Gasteiger partial charge in [-0.25, -0.2) is 24.1 Å². The van der Waals surface area contributed by atoms with Gasteiger partial charge in [0, 0.05) is 48.7 Å². The second kappa shape index (κ2) is 8.94. The summed E-state index contributed by atoms with van der Waals surface area (Å²) in [6.45, 7) is 4.49. The summed E-state index contributed by atoms with van der Waals surface area (Å²) in [7, 11) is 0. The largest absolute Gasteiger partial charge is 0.393 e. The Hall–Kier alpha value is -3.11. The van der Waals surface area contributed by atoms with Gasteiger partial charge in [-0.1, -0.05) is 0 Å². The molecular weight excluding hydrogens is 403 g/mol. The number of hydrogen-bond acceptors (Lipinski definition) is 6. The summed E-state index contributed by atoms with van der Waals surface area (Å²) in [5, 5.41) is 14.8. The first kappa shape index (κ1) is 21.1. The molecule has 3 heterocycles. The number of halogens is 1. The van der Waals surface area contributed by atoms with Crippen LogP contribution in [0.1, 0.15) is 44.2 Å². The monoisotopic (exact) mass is 428 g/mol. The smallest absolute Gasteiger partial charge is 0.321 e. The summed E-state index contributed by atoms with van der Waals surface area (Å²) in [6, 6.07) is 1.23. The van der Waals surface area contributed by atoms with Gasteiger partial charge in [0.25, 0.3) is 0 Å². The number of nitrogens with one attached hydrogen (secondary N) is 3. The van der Waals surface area contributed by atoms with E-state index in [1.54, 1.807) is 25.4 Å². The molecule has 0 saturated carbocycles. The van der Waals surface area contributed by atoms with Gasteiger partial charge in [-0.05, 0) is 32.8 Å². The van der Waals surface area contributed by atoms with E-state index in [2.05, 4.69) is 30.6 Å². The van der Waals surface area contributed by atoms with Crippen LogP contribution in [0.4, 0.5) is 15.1 Å². The number of aliphatic hydroxyl groups excluding tert-OH is 1. The summed E-state index contributed by atoms with van der Waals surface area (Å²) < 4.78 is 21.5. The molecule has 2 unspecified atom stereocenters. The lowest BCUT2D eigenvalue weighted by molar-refractivity contribution is 0.110. The van der Waals surface area contributed by atoms with Crippen molar-refractivity contribution < 1.29 is 19.0 Å². The highest BCUT2D eigenvalue weighted by atomic mass is 19.1. The zero-order chi connectivity index (χ0) is 22.0. The lowest BCUT2D eigenvalue weighted by Crippen LogP contribution is -2.28. The third kappa shape index (κ3) is 4.49. The number of carbonyl (C=O) groups excluding carboxylic acids is 1. The SMILES string of the molecule is CCNC(=O)Nc1nc2c(C3CCCO3)c(F)c(-c3cnc(CC(C)O)nc3)cc2[nH]1. The highest BCUT2D eigenvalue weighted by molar-refractivity contribution is 5.92. The zero-order valence-corrected chi connectivity index (χ0v) is 17.4. The molecule has 4 rings (SSSR count). The van der Waals surface area contributed by atoms with Gasteiger partial charge >= 0.3 is 6.03 Å². The minimum atomic E-state index is -0.564. The molecule has 0 spiro atoms. The molecule has 0 bridgehead atoms. The van der Waals surface area contributed by atoms with E-state index in [0.29, 0.717) is 59.5 Å². The number of carbonyl (C=O) groups is 1. The Morgan fingerprint density at radius 3 is 2.84 bits per heavy atom. The lowest BCUT2D eigenvalue weighted by atomic mass is 9.98. The van der Waals surface area contributed by atoms with E-state index in [-0.39, 0.29) is 5.95 Å². The number of urea groups is 1. The molecule has 0 radical (unpaired) electrons. The van der Waals surface area contributed by atoms with Gasteiger partial charge in [-0.15, -0.1) is 0 Å². The molecule has 4 N–H and O–H groups in total. The van der Waals surface area contributed by atoms with E-state index in [9.17, 15) is 9.90 Å². The van der Waals surface area contributed by atoms with E-state index in [4.69, 9.17) is 4.74 Å². The minimum absolute atomic E-state index is 0.222. The van der Waals surface area contributed by atoms with Crippen LogP contribution in [-0.2, 0) is 11.2 Å². The average Bonchev–Trinajstić information content (AvgIpc) is 3.38. The molecule has 1 aliphatic heterocycles. The Labute approximate surface area is 178 Å². The Morgan fingerprint density at radius 1 is 1.42 bits per heavy atom. The number of aromatic nitrogens is 4. The molecule has 1 aromatic carbocycles.